The lowest BCUT2D eigenvalue weighted by atomic mass is 10.3. The second-order valence-corrected chi connectivity index (χ2v) is 4.28. The zero-order valence-electron chi connectivity index (χ0n) is 5.53. The van der Waals surface area contributed by atoms with E-state index in [4.69, 9.17) is 10.3 Å². The fourth-order valence-electron chi connectivity index (χ4n) is 1.32. The van der Waals surface area contributed by atoms with Crippen LogP contribution in [0.1, 0.15) is 19.3 Å². The molecule has 0 radical (unpaired) electrons. The van der Waals surface area contributed by atoms with Gasteiger partial charge in [0, 0.05) is 6.04 Å². The molecule has 0 saturated heterocycles. The first-order valence-corrected chi connectivity index (χ1v) is 4.74. The predicted octanol–water partition coefficient (Wildman–Crippen LogP) is -0.246. The van der Waals surface area contributed by atoms with E-state index in [0.717, 1.165) is 6.42 Å². The second-order valence-electron chi connectivity index (χ2n) is 2.65. The Morgan fingerprint density at radius 2 is 2.00 bits per heavy atom. The molecule has 0 amide bonds. The van der Waals surface area contributed by atoms with Gasteiger partial charge in [-0.25, -0.2) is 0 Å². The van der Waals surface area contributed by atoms with Crippen LogP contribution in [0.5, 0.6) is 0 Å². The molecule has 0 unspecified atom stereocenters. The van der Waals surface area contributed by atoms with Crippen LogP contribution in [0.15, 0.2) is 0 Å². The van der Waals surface area contributed by atoms with Crippen molar-refractivity contribution >= 4 is 10.1 Å². The third-order valence-electron chi connectivity index (χ3n) is 1.89. The van der Waals surface area contributed by atoms with Gasteiger partial charge in [-0.1, -0.05) is 6.42 Å². The third-order valence-corrected chi connectivity index (χ3v) is 3.24. The lowest BCUT2D eigenvalue weighted by molar-refractivity contribution is 0.460. The average molecular weight is 165 g/mol. The molecule has 0 bridgehead atoms. The molecular weight excluding hydrogens is 154 g/mol. The van der Waals surface area contributed by atoms with Gasteiger partial charge in [0.05, 0.1) is 0 Å². The minimum atomic E-state index is -3.88. The first-order valence-electron chi connectivity index (χ1n) is 3.23. The Bertz CT molecular complexity index is 211. The van der Waals surface area contributed by atoms with Crippen molar-refractivity contribution in [2.45, 2.75) is 30.6 Å². The zero-order valence-corrected chi connectivity index (χ0v) is 6.34. The van der Waals surface area contributed by atoms with Gasteiger partial charge in [0.2, 0.25) is 0 Å². The molecule has 4 nitrogen and oxygen atoms in total. The van der Waals surface area contributed by atoms with E-state index in [1.807, 2.05) is 0 Å². The highest BCUT2D eigenvalue weighted by atomic mass is 32.2. The smallest absolute Gasteiger partial charge is 0.269 e. The van der Waals surface area contributed by atoms with Crippen molar-refractivity contribution in [3.63, 3.8) is 0 Å². The van der Waals surface area contributed by atoms with Crippen molar-refractivity contribution in [1.29, 1.82) is 0 Å². The van der Waals surface area contributed by atoms with E-state index in [-0.39, 0.29) is 6.04 Å². The quantitative estimate of drug-likeness (QED) is 0.525. The standard InChI is InChI=1S/C5H11NO3S/c6-4-2-1-3-5(4)10(7,8)9/h4-5H,1-3,6H2,(H,7,8,9)/t4-,5-/m0/s1. The fourth-order valence-corrected chi connectivity index (χ4v) is 2.37. The van der Waals surface area contributed by atoms with Crippen molar-refractivity contribution in [3.05, 3.63) is 0 Å². The highest BCUT2D eigenvalue weighted by Crippen LogP contribution is 2.22. The molecule has 1 fully saturated rings. The van der Waals surface area contributed by atoms with Crippen LogP contribution in [-0.2, 0) is 10.1 Å². The van der Waals surface area contributed by atoms with Crippen molar-refractivity contribution < 1.29 is 13.0 Å². The fraction of sp³-hybridized carbons (Fsp3) is 1.00. The summed E-state index contributed by atoms with van der Waals surface area (Å²) in [6.07, 6.45) is 2.00. The molecule has 1 saturated carbocycles. The van der Waals surface area contributed by atoms with Crippen molar-refractivity contribution in [3.8, 4) is 0 Å². The molecule has 1 aliphatic rings. The zero-order chi connectivity index (χ0) is 7.78. The molecule has 0 aromatic rings. The Morgan fingerprint density at radius 3 is 2.20 bits per heavy atom. The van der Waals surface area contributed by atoms with Crippen LogP contribution in [0, 0.1) is 0 Å². The molecule has 0 heterocycles. The molecule has 10 heavy (non-hydrogen) atoms. The number of hydrogen-bond donors (Lipinski definition) is 2. The van der Waals surface area contributed by atoms with Crippen molar-refractivity contribution in [1.82, 2.24) is 0 Å². The van der Waals surface area contributed by atoms with Crippen molar-refractivity contribution in [2.75, 3.05) is 0 Å². The van der Waals surface area contributed by atoms with E-state index < -0.39 is 15.4 Å². The Hall–Kier alpha value is -0.130. The number of rotatable bonds is 1. The largest absolute Gasteiger partial charge is 0.326 e. The van der Waals surface area contributed by atoms with Crippen LogP contribution in [0.2, 0.25) is 0 Å². The lowest BCUT2D eigenvalue weighted by Crippen LogP contribution is -2.35. The van der Waals surface area contributed by atoms with E-state index in [1.165, 1.54) is 0 Å². The second kappa shape index (κ2) is 2.48. The van der Waals surface area contributed by atoms with Crippen LogP contribution in [-0.4, -0.2) is 24.3 Å². The normalized spacial score (nSPS) is 34.6. The lowest BCUT2D eigenvalue weighted by Gasteiger charge is -2.10. The summed E-state index contributed by atoms with van der Waals surface area (Å²) in [7, 11) is -3.88. The Labute approximate surface area is 60.2 Å². The topological polar surface area (TPSA) is 80.4 Å². The van der Waals surface area contributed by atoms with Gasteiger partial charge in [0.25, 0.3) is 10.1 Å². The first-order chi connectivity index (χ1) is 4.52. The van der Waals surface area contributed by atoms with E-state index >= 15 is 0 Å². The number of hydrogen-bond acceptors (Lipinski definition) is 3. The molecule has 5 heteroatoms. The minimum absolute atomic E-state index is 0.366. The monoisotopic (exact) mass is 165 g/mol. The molecule has 0 aromatic carbocycles. The van der Waals surface area contributed by atoms with Gasteiger partial charge in [0.15, 0.2) is 0 Å². The molecule has 1 rings (SSSR count). The first kappa shape index (κ1) is 7.97. The Balaban J connectivity index is 2.74. The molecule has 60 valence electrons. The highest BCUT2D eigenvalue weighted by molar-refractivity contribution is 7.86. The van der Waals surface area contributed by atoms with E-state index in [1.54, 1.807) is 0 Å². The summed E-state index contributed by atoms with van der Waals surface area (Å²) in [4.78, 5) is 0. The van der Waals surface area contributed by atoms with Gasteiger partial charge in [-0.3, -0.25) is 4.55 Å². The van der Waals surface area contributed by atoms with Crippen LogP contribution in [0.3, 0.4) is 0 Å². The van der Waals surface area contributed by atoms with Crippen LogP contribution in [0.25, 0.3) is 0 Å². The Morgan fingerprint density at radius 1 is 1.40 bits per heavy atom. The predicted molar refractivity (Wildman–Crippen MR) is 37.2 cm³/mol. The SMILES string of the molecule is N[C@H]1CCC[C@@H]1S(=O)(=O)O. The Kier molecular flexibility index (Phi) is 1.98. The molecule has 0 spiro atoms. The molecule has 2 atom stereocenters. The minimum Gasteiger partial charge on any atom is -0.326 e. The maximum atomic E-state index is 10.5. The third kappa shape index (κ3) is 1.47. The van der Waals surface area contributed by atoms with Gasteiger partial charge in [0.1, 0.15) is 5.25 Å². The summed E-state index contributed by atoms with van der Waals surface area (Å²) in [5, 5.41) is -0.715. The maximum Gasteiger partial charge on any atom is 0.269 e. The highest BCUT2D eigenvalue weighted by Gasteiger charge is 2.33. The number of nitrogens with two attached hydrogens (primary N) is 1. The summed E-state index contributed by atoms with van der Waals surface area (Å²) in [6.45, 7) is 0. The molecule has 0 aliphatic heterocycles. The maximum absolute atomic E-state index is 10.5. The summed E-state index contributed by atoms with van der Waals surface area (Å²) in [5.41, 5.74) is 5.43. The van der Waals surface area contributed by atoms with E-state index in [9.17, 15) is 8.42 Å². The van der Waals surface area contributed by atoms with Crippen LogP contribution < -0.4 is 5.73 Å². The molecular formula is C5H11NO3S. The molecule has 0 aromatic heterocycles. The van der Waals surface area contributed by atoms with Gasteiger partial charge >= 0.3 is 0 Å². The summed E-state index contributed by atoms with van der Waals surface area (Å²) in [5.74, 6) is 0. The summed E-state index contributed by atoms with van der Waals surface area (Å²) >= 11 is 0. The van der Waals surface area contributed by atoms with Gasteiger partial charge < -0.3 is 5.73 Å². The van der Waals surface area contributed by atoms with Crippen molar-refractivity contribution in [2.24, 2.45) is 5.73 Å². The van der Waals surface area contributed by atoms with Gasteiger partial charge in [-0.15, -0.1) is 0 Å². The van der Waals surface area contributed by atoms with Crippen LogP contribution >= 0.6 is 0 Å². The molecule has 1 aliphatic carbocycles. The van der Waals surface area contributed by atoms with Gasteiger partial charge in [-0.05, 0) is 12.8 Å². The summed E-state index contributed by atoms with van der Waals surface area (Å²) in [6, 6.07) is -0.366. The molecule has 3 N–H and O–H groups in total. The van der Waals surface area contributed by atoms with Crippen LogP contribution in [0.4, 0.5) is 0 Å². The van der Waals surface area contributed by atoms with E-state index in [2.05, 4.69) is 0 Å². The van der Waals surface area contributed by atoms with Gasteiger partial charge in [-0.2, -0.15) is 8.42 Å². The average Bonchev–Trinajstić information content (AvgIpc) is 2.11. The van der Waals surface area contributed by atoms with E-state index in [0.29, 0.717) is 12.8 Å². The summed E-state index contributed by atoms with van der Waals surface area (Å²) < 4.78 is 29.6.